The third kappa shape index (κ3) is 13.3. The van der Waals surface area contributed by atoms with Crippen LogP contribution in [-0.4, -0.2) is 18.1 Å². The zero-order chi connectivity index (χ0) is 17.4. The normalized spacial score (nSPS) is 13.3. The molecular weight excluding hydrogens is 334 g/mol. The van der Waals surface area contributed by atoms with Crippen LogP contribution in [0.3, 0.4) is 0 Å². The Bertz CT molecular complexity index is 314. The lowest BCUT2D eigenvalue weighted by Gasteiger charge is -2.15. The zero-order valence-corrected chi connectivity index (χ0v) is 16.8. The van der Waals surface area contributed by atoms with E-state index in [9.17, 15) is 14.0 Å². The highest BCUT2D eigenvalue weighted by atomic mass is 32.1. The Labute approximate surface area is 142 Å². The molecule has 0 aliphatic carbocycles. The van der Waals surface area contributed by atoms with Crippen molar-refractivity contribution in [2.45, 2.75) is 90.9 Å². The largest absolute Gasteiger partial charge is 0.409 e. The number of hydrogen-bond acceptors (Lipinski definition) is 4. The van der Waals surface area contributed by atoms with Crippen molar-refractivity contribution in [3.8, 4) is 0 Å². The molecule has 0 aromatic rings. The van der Waals surface area contributed by atoms with E-state index >= 15 is 0 Å². The highest BCUT2D eigenvalue weighted by Crippen LogP contribution is 2.68. The van der Waals surface area contributed by atoms with Gasteiger partial charge in [-0.2, -0.15) is 0 Å². The fourth-order valence-corrected chi connectivity index (χ4v) is 4.53. The third-order valence-corrected chi connectivity index (χ3v) is 7.45. The van der Waals surface area contributed by atoms with E-state index in [1.165, 1.54) is 38.5 Å². The Kier molecular flexibility index (Phi) is 16.1. The molecular formula is C16H36O5P2. The summed E-state index contributed by atoms with van der Waals surface area (Å²) >= 11 is 0. The molecule has 140 valence electrons. The van der Waals surface area contributed by atoms with Gasteiger partial charge in [0.05, 0.1) is 13.2 Å². The predicted octanol–water partition coefficient (Wildman–Crippen LogP) is 6.32. The standard InChI is InChI=1S/C16H36O5P2/c1-3-5-7-9-11-13-15-20-23(19,22(17)18)21-16-14-12-10-8-6-4-2/h22H,3-16H2,1-2H3,(H,17,18). The molecule has 0 radical (unpaired) electrons. The Morgan fingerprint density at radius 3 is 1.43 bits per heavy atom. The molecule has 7 heteroatoms. The van der Waals surface area contributed by atoms with Crippen molar-refractivity contribution >= 4 is 15.0 Å². The summed E-state index contributed by atoms with van der Waals surface area (Å²) < 4.78 is 33.8. The Balaban J connectivity index is 3.79. The molecule has 0 spiro atoms. The molecule has 0 saturated carbocycles. The van der Waals surface area contributed by atoms with Crippen LogP contribution in [0.15, 0.2) is 0 Å². The van der Waals surface area contributed by atoms with Crippen molar-refractivity contribution in [2.75, 3.05) is 13.2 Å². The Morgan fingerprint density at radius 1 is 0.739 bits per heavy atom. The van der Waals surface area contributed by atoms with Crippen LogP contribution >= 0.6 is 15.0 Å². The molecule has 0 saturated heterocycles. The van der Waals surface area contributed by atoms with Gasteiger partial charge in [0.2, 0.25) is 0 Å². The van der Waals surface area contributed by atoms with E-state index < -0.39 is 15.0 Å². The molecule has 0 heterocycles. The summed E-state index contributed by atoms with van der Waals surface area (Å²) in [6.07, 6.45) is 13.0. The molecule has 0 aromatic carbocycles. The van der Waals surface area contributed by atoms with Gasteiger partial charge in [0.25, 0.3) is 7.72 Å². The molecule has 0 amide bonds. The number of unbranched alkanes of at least 4 members (excludes halogenated alkanes) is 10. The van der Waals surface area contributed by atoms with Crippen molar-refractivity contribution in [3.63, 3.8) is 0 Å². The van der Waals surface area contributed by atoms with E-state index in [1.807, 2.05) is 0 Å². The van der Waals surface area contributed by atoms with Crippen molar-refractivity contribution in [1.29, 1.82) is 0 Å². The lowest BCUT2D eigenvalue weighted by molar-refractivity contribution is 0.208. The molecule has 0 bridgehead atoms. The van der Waals surface area contributed by atoms with Crippen molar-refractivity contribution in [2.24, 2.45) is 0 Å². The van der Waals surface area contributed by atoms with Crippen molar-refractivity contribution in [1.82, 2.24) is 0 Å². The van der Waals surface area contributed by atoms with Gasteiger partial charge < -0.3 is 13.9 Å². The van der Waals surface area contributed by atoms with Gasteiger partial charge in [-0.15, -0.1) is 0 Å². The first-order valence-corrected chi connectivity index (χ1v) is 12.9. The minimum Gasteiger partial charge on any atom is -0.338 e. The first-order valence-electron chi connectivity index (χ1n) is 9.19. The maximum atomic E-state index is 12.2. The SMILES string of the molecule is CCCCCCCCOP(=O)(OCCCCCCCC)[PH](=O)O. The van der Waals surface area contributed by atoms with Gasteiger partial charge in [-0.1, -0.05) is 78.1 Å². The monoisotopic (exact) mass is 370 g/mol. The van der Waals surface area contributed by atoms with E-state index in [4.69, 9.17) is 9.05 Å². The summed E-state index contributed by atoms with van der Waals surface area (Å²) in [5, 5.41) is 0. The van der Waals surface area contributed by atoms with E-state index in [0.29, 0.717) is 0 Å². The highest BCUT2D eigenvalue weighted by molar-refractivity contribution is 8.20. The van der Waals surface area contributed by atoms with Crippen LogP contribution in [0, 0.1) is 0 Å². The molecule has 1 unspecified atom stereocenters. The Morgan fingerprint density at radius 2 is 1.09 bits per heavy atom. The topological polar surface area (TPSA) is 72.8 Å². The average Bonchev–Trinajstić information content (AvgIpc) is 2.53. The van der Waals surface area contributed by atoms with Crippen LogP contribution in [0.1, 0.15) is 90.9 Å². The van der Waals surface area contributed by atoms with Crippen LogP contribution < -0.4 is 0 Å². The third-order valence-electron chi connectivity index (χ3n) is 3.75. The molecule has 5 nitrogen and oxygen atoms in total. The van der Waals surface area contributed by atoms with Gasteiger partial charge in [-0.25, -0.2) is 4.57 Å². The van der Waals surface area contributed by atoms with E-state index in [-0.39, 0.29) is 13.2 Å². The minimum atomic E-state index is -3.81. The van der Waals surface area contributed by atoms with Gasteiger partial charge in [0.15, 0.2) is 0 Å². The molecule has 1 N–H and O–H groups in total. The predicted molar refractivity (Wildman–Crippen MR) is 97.5 cm³/mol. The van der Waals surface area contributed by atoms with Crippen molar-refractivity contribution in [3.05, 3.63) is 0 Å². The summed E-state index contributed by atoms with van der Waals surface area (Å²) in [4.78, 5) is 9.25. The van der Waals surface area contributed by atoms with Crippen molar-refractivity contribution < 1.29 is 23.1 Å². The van der Waals surface area contributed by atoms with Crippen LogP contribution in [0.2, 0.25) is 0 Å². The zero-order valence-electron chi connectivity index (χ0n) is 14.9. The first-order chi connectivity index (χ1) is 11.1. The van der Waals surface area contributed by atoms with Gasteiger partial charge in [0, 0.05) is 0 Å². The van der Waals surface area contributed by atoms with Gasteiger partial charge in [-0.05, 0) is 12.8 Å². The number of hydrogen-bond donors (Lipinski definition) is 1. The number of rotatable bonds is 17. The Hall–Kier alpha value is 0.340. The summed E-state index contributed by atoms with van der Waals surface area (Å²) in [5.74, 6) is 0. The maximum absolute atomic E-state index is 12.2. The second-order valence-electron chi connectivity index (χ2n) is 5.98. The molecule has 1 atom stereocenters. The summed E-state index contributed by atoms with van der Waals surface area (Å²) in [6, 6.07) is 0. The second kappa shape index (κ2) is 15.8. The lowest BCUT2D eigenvalue weighted by atomic mass is 10.1. The fraction of sp³-hybridized carbons (Fsp3) is 1.00. The average molecular weight is 370 g/mol. The van der Waals surface area contributed by atoms with Gasteiger partial charge in [-0.3, -0.25) is 4.57 Å². The van der Waals surface area contributed by atoms with Crippen LogP contribution in [0.4, 0.5) is 0 Å². The molecule has 0 aromatic heterocycles. The van der Waals surface area contributed by atoms with Crippen LogP contribution in [-0.2, 0) is 18.2 Å². The minimum absolute atomic E-state index is 0.233. The van der Waals surface area contributed by atoms with E-state index in [0.717, 1.165) is 38.5 Å². The quantitative estimate of drug-likeness (QED) is 0.240. The van der Waals surface area contributed by atoms with Crippen LogP contribution in [0.5, 0.6) is 0 Å². The van der Waals surface area contributed by atoms with Gasteiger partial charge >= 0.3 is 7.28 Å². The second-order valence-corrected chi connectivity index (χ2v) is 10.8. The van der Waals surface area contributed by atoms with Crippen LogP contribution in [0.25, 0.3) is 0 Å². The lowest BCUT2D eigenvalue weighted by Crippen LogP contribution is -1.97. The molecule has 0 aliphatic rings. The fourth-order valence-electron chi connectivity index (χ4n) is 2.28. The molecule has 23 heavy (non-hydrogen) atoms. The van der Waals surface area contributed by atoms with E-state index in [1.54, 1.807) is 0 Å². The summed E-state index contributed by atoms with van der Waals surface area (Å²) in [5.41, 5.74) is 0. The smallest absolute Gasteiger partial charge is 0.338 e. The first kappa shape index (κ1) is 23.3. The summed E-state index contributed by atoms with van der Waals surface area (Å²) in [6.45, 7) is 4.80. The van der Waals surface area contributed by atoms with Gasteiger partial charge in [0.1, 0.15) is 0 Å². The van der Waals surface area contributed by atoms with E-state index in [2.05, 4.69) is 13.8 Å². The highest BCUT2D eigenvalue weighted by Gasteiger charge is 2.31. The molecule has 0 fully saturated rings. The summed E-state index contributed by atoms with van der Waals surface area (Å²) in [7, 11) is -7.12. The molecule has 0 rings (SSSR count). The maximum Gasteiger partial charge on any atom is 0.409 e. The molecule has 0 aliphatic heterocycles.